The van der Waals surface area contributed by atoms with Crippen LogP contribution in [0.2, 0.25) is 0 Å². The number of benzene rings is 4. The van der Waals surface area contributed by atoms with E-state index in [1.54, 1.807) is 22.8 Å². The van der Waals surface area contributed by atoms with Gasteiger partial charge in [0.15, 0.2) is 0 Å². The minimum absolute atomic E-state index is 0.0763. The van der Waals surface area contributed by atoms with E-state index in [1.807, 2.05) is 22.8 Å². The third kappa shape index (κ3) is 12.6. The van der Waals surface area contributed by atoms with Gasteiger partial charge in [-0.25, -0.2) is 0 Å². The predicted molar refractivity (Wildman–Crippen MR) is 203 cm³/mol. The lowest BCUT2D eigenvalue weighted by atomic mass is 10.0. The summed E-state index contributed by atoms with van der Waals surface area (Å²) < 4.78 is 0. The highest BCUT2D eigenvalue weighted by Gasteiger charge is 2.17. The summed E-state index contributed by atoms with van der Waals surface area (Å²) in [6.07, 6.45) is 2.39. The fourth-order valence-electron chi connectivity index (χ4n) is 4.24. The molecule has 42 heavy (non-hydrogen) atoms. The number of rotatable bonds is 17. The van der Waals surface area contributed by atoms with Crippen LogP contribution in [-0.4, -0.2) is 17.5 Å². The van der Waals surface area contributed by atoms with Gasteiger partial charge >= 0.3 is 0 Å². The maximum absolute atomic E-state index is 12.6. The maximum Gasteiger partial charge on any atom is 0.221 e. The number of hydrogen-bond acceptors (Lipinski definition) is 7. The second-order valence-corrected chi connectivity index (χ2v) is 28.4. The Morgan fingerprint density at radius 2 is 1.02 bits per heavy atom. The standard InChI is InChI=1S/C32H35NOP2S6/c34-32(21-22-39-35(37)41-30(28-17-9-3-10-18-28)23-26-13-5-1-6-14-26)33-25-40-36(38)42-31(29-19-11-4-12-20-29)24-27-15-7-2-8-16-27/h1-20,30-31,35-36H,21-25H2,(H,33,34). The molecule has 10 heteroatoms. The van der Waals surface area contributed by atoms with Crippen molar-refractivity contribution in [3.05, 3.63) is 144 Å². The van der Waals surface area contributed by atoms with Crippen molar-refractivity contribution in [3.8, 4) is 0 Å². The number of hydrogen-bond donors (Lipinski definition) is 1. The maximum atomic E-state index is 12.6. The van der Waals surface area contributed by atoms with Gasteiger partial charge < -0.3 is 5.32 Å². The molecule has 0 bridgehead atoms. The summed E-state index contributed by atoms with van der Waals surface area (Å²) in [5.41, 5.74) is 5.25. The highest BCUT2D eigenvalue weighted by atomic mass is 33.2. The second kappa shape index (κ2) is 19.4. The average Bonchev–Trinajstić information content (AvgIpc) is 3.02. The number of nitrogens with one attached hydrogen (secondary N) is 1. The van der Waals surface area contributed by atoms with E-state index in [2.05, 4.69) is 127 Å². The molecule has 4 rings (SSSR count). The topological polar surface area (TPSA) is 29.1 Å². The summed E-state index contributed by atoms with van der Waals surface area (Å²) in [4.78, 5) is 12.6. The molecular formula is C32H35NOP2S6. The monoisotopic (exact) mass is 703 g/mol. The van der Waals surface area contributed by atoms with Gasteiger partial charge in [0, 0.05) is 32.9 Å². The van der Waals surface area contributed by atoms with E-state index >= 15 is 0 Å². The van der Waals surface area contributed by atoms with Crippen LogP contribution in [0.15, 0.2) is 121 Å². The van der Waals surface area contributed by atoms with Gasteiger partial charge in [0.25, 0.3) is 0 Å². The lowest BCUT2D eigenvalue weighted by Gasteiger charge is -2.18. The molecule has 1 N–H and O–H groups in total. The van der Waals surface area contributed by atoms with Crippen LogP contribution in [0.1, 0.15) is 39.2 Å². The molecule has 0 saturated heterocycles. The van der Waals surface area contributed by atoms with Gasteiger partial charge in [-0.15, -0.1) is 34.1 Å². The summed E-state index contributed by atoms with van der Waals surface area (Å²) in [6, 6.07) is 42.4. The normalized spacial score (nSPS) is 14.0. The van der Waals surface area contributed by atoms with Crippen molar-refractivity contribution in [3.63, 3.8) is 0 Å². The largest absolute Gasteiger partial charge is 0.347 e. The molecule has 4 unspecified atom stereocenters. The Morgan fingerprint density at radius 1 is 0.619 bits per heavy atom. The van der Waals surface area contributed by atoms with Gasteiger partial charge in [-0.2, -0.15) is 0 Å². The van der Waals surface area contributed by atoms with E-state index in [4.69, 9.17) is 23.6 Å². The Labute approximate surface area is 278 Å². The van der Waals surface area contributed by atoms with Crippen LogP contribution in [0, 0.1) is 0 Å². The smallest absolute Gasteiger partial charge is 0.221 e. The van der Waals surface area contributed by atoms with E-state index < -0.39 is 10.2 Å². The van der Waals surface area contributed by atoms with Crippen LogP contribution in [0.25, 0.3) is 0 Å². The van der Waals surface area contributed by atoms with Crippen molar-refractivity contribution in [2.75, 3.05) is 11.6 Å². The van der Waals surface area contributed by atoms with Gasteiger partial charge in [-0.1, -0.05) is 156 Å². The Morgan fingerprint density at radius 3 is 1.48 bits per heavy atom. The Kier molecular flexibility index (Phi) is 15.7. The van der Waals surface area contributed by atoms with Gasteiger partial charge in [-0.3, -0.25) is 4.79 Å². The minimum atomic E-state index is -1.17. The minimum Gasteiger partial charge on any atom is -0.347 e. The molecule has 0 aliphatic heterocycles. The molecule has 0 spiro atoms. The molecule has 0 aliphatic rings. The van der Waals surface area contributed by atoms with E-state index in [0.717, 1.165) is 18.6 Å². The molecule has 220 valence electrons. The Hall–Kier alpha value is -0.950. The zero-order valence-electron chi connectivity index (χ0n) is 23.1. The first kappa shape index (κ1) is 33.9. The number of carbonyl (C=O) groups is 1. The zero-order chi connectivity index (χ0) is 29.4. The van der Waals surface area contributed by atoms with Crippen molar-refractivity contribution in [2.45, 2.75) is 29.8 Å². The first-order valence-corrected chi connectivity index (χ1v) is 25.6. The number of amides is 1. The van der Waals surface area contributed by atoms with Crippen LogP contribution in [-0.2, 0) is 41.2 Å². The molecule has 0 aromatic heterocycles. The third-order valence-electron chi connectivity index (χ3n) is 6.36. The fraction of sp³-hybridized carbons (Fsp3) is 0.219. The second-order valence-electron chi connectivity index (χ2n) is 9.40. The molecule has 1 amide bonds. The lowest BCUT2D eigenvalue weighted by molar-refractivity contribution is -0.120. The van der Waals surface area contributed by atoms with E-state index in [0.29, 0.717) is 22.8 Å². The van der Waals surface area contributed by atoms with Gasteiger partial charge in [-0.05, 0) is 35.1 Å². The summed E-state index contributed by atoms with van der Waals surface area (Å²) in [7, 11) is 0. The molecule has 4 aromatic carbocycles. The molecule has 0 fully saturated rings. The fourth-order valence-corrected chi connectivity index (χ4v) is 19.2. The molecule has 4 atom stereocenters. The van der Waals surface area contributed by atoms with Crippen LogP contribution >= 0.6 is 55.7 Å². The zero-order valence-corrected chi connectivity index (χ0v) is 30.0. The van der Waals surface area contributed by atoms with Gasteiger partial charge in [0.1, 0.15) is 0 Å². The van der Waals surface area contributed by atoms with Crippen LogP contribution < -0.4 is 5.32 Å². The number of carbonyl (C=O) groups excluding carboxylic acids is 1. The summed E-state index contributed by atoms with van der Waals surface area (Å²) in [5, 5.41) is 1.41. The Bertz CT molecular complexity index is 1290. The first-order valence-electron chi connectivity index (χ1n) is 13.7. The summed E-state index contributed by atoms with van der Waals surface area (Å²) in [6.45, 7) is 0. The quantitative estimate of drug-likeness (QED) is 0.0865. The lowest BCUT2D eigenvalue weighted by Crippen LogP contribution is -2.22. The van der Waals surface area contributed by atoms with E-state index in [9.17, 15) is 4.79 Å². The van der Waals surface area contributed by atoms with E-state index in [1.165, 1.54) is 22.3 Å². The molecule has 4 aromatic rings. The van der Waals surface area contributed by atoms with Crippen LogP contribution in [0.3, 0.4) is 0 Å². The molecule has 0 radical (unpaired) electrons. The van der Waals surface area contributed by atoms with E-state index in [-0.39, 0.29) is 5.91 Å². The third-order valence-corrected chi connectivity index (χ3v) is 22.4. The summed E-state index contributed by atoms with van der Waals surface area (Å²) in [5.74, 6) is 1.39. The van der Waals surface area contributed by atoms with Gasteiger partial charge in [0.05, 0.1) is 5.88 Å². The highest BCUT2D eigenvalue weighted by molar-refractivity contribution is 8.94. The first-order chi connectivity index (χ1) is 20.6. The van der Waals surface area contributed by atoms with Gasteiger partial charge in [0.2, 0.25) is 5.91 Å². The van der Waals surface area contributed by atoms with Crippen molar-refractivity contribution in [1.29, 1.82) is 0 Å². The highest BCUT2D eigenvalue weighted by Crippen LogP contribution is 2.58. The van der Waals surface area contributed by atoms with Crippen molar-refractivity contribution < 1.29 is 4.79 Å². The summed E-state index contributed by atoms with van der Waals surface area (Å²) >= 11 is 19.1. The molecule has 0 saturated carbocycles. The van der Waals surface area contributed by atoms with Crippen molar-refractivity contribution >= 4 is 85.2 Å². The molecule has 0 aliphatic carbocycles. The molecule has 0 heterocycles. The Balaban J connectivity index is 1.18. The molecular weight excluding hydrogens is 669 g/mol. The van der Waals surface area contributed by atoms with Crippen LogP contribution in [0.4, 0.5) is 0 Å². The molecule has 2 nitrogen and oxygen atoms in total. The SMILES string of the molecule is O=C(CCS[PH](=S)SC(Cc1ccccc1)c1ccccc1)NCS[PH](=S)SC(Cc1ccccc1)c1ccccc1. The van der Waals surface area contributed by atoms with Crippen molar-refractivity contribution in [2.24, 2.45) is 0 Å². The van der Waals surface area contributed by atoms with Crippen molar-refractivity contribution in [1.82, 2.24) is 5.32 Å². The average molecular weight is 704 g/mol. The van der Waals surface area contributed by atoms with Crippen LogP contribution in [0.5, 0.6) is 0 Å². The predicted octanol–water partition coefficient (Wildman–Crippen LogP) is 10.4.